The van der Waals surface area contributed by atoms with Gasteiger partial charge in [-0.3, -0.25) is 19.7 Å². The van der Waals surface area contributed by atoms with Crippen molar-refractivity contribution in [1.29, 1.82) is 0 Å². The maximum Gasteiger partial charge on any atom is 0.411 e. The number of fused-ring (bicyclic) bond motifs is 2. The molecule has 1 heterocycles. The summed E-state index contributed by atoms with van der Waals surface area (Å²) in [6.45, 7) is 17.1. The molecule has 4 aromatic rings. The first-order chi connectivity index (χ1) is 29.0. The zero-order valence-electron chi connectivity index (χ0n) is 35.8. The van der Waals surface area contributed by atoms with Gasteiger partial charge in [0, 0.05) is 45.6 Å². The second-order valence-corrected chi connectivity index (χ2v) is 18.3. The first-order valence-electron chi connectivity index (χ1n) is 19.5. The number of rotatable bonds is 10. The van der Waals surface area contributed by atoms with E-state index in [9.17, 15) is 35.5 Å². The number of benzene rings is 5. The van der Waals surface area contributed by atoms with Crippen LogP contribution in [0.25, 0.3) is 33.4 Å². The van der Waals surface area contributed by atoms with Crippen molar-refractivity contribution in [2.75, 3.05) is 16.0 Å². The van der Waals surface area contributed by atoms with E-state index in [4.69, 9.17) is 18.9 Å². The number of carbonyl (C=O) groups is 2. The quantitative estimate of drug-likeness (QED) is 0.0640. The largest absolute Gasteiger partial charge is 0.456 e. The minimum atomic E-state index is -4.81. The third-order valence-corrected chi connectivity index (χ3v) is 12.2. The SMILES string of the molecule is Cc1cc(C)c(Nc2ccc3c(-c4ccccc4S(=O)(=O)O)c4ccc(=Nc5c(C)c(NC(=O)OC(C)C)c(C)c(S(=O)(=O)O)c5C)cc-4oc3c2)c(C)c1NC(=O)OC(C)C. The molecular weight excluding hydrogens is 837 g/mol. The van der Waals surface area contributed by atoms with Gasteiger partial charge in [-0.05, 0) is 133 Å². The Morgan fingerprint density at radius 1 is 0.661 bits per heavy atom. The van der Waals surface area contributed by atoms with Crippen LogP contribution in [0.2, 0.25) is 0 Å². The van der Waals surface area contributed by atoms with E-state index in [1.807, 2.05) is 26.8 Å². The normalized spacial score (nSPS) is 12.3. The Bertz CT molecular complexity index is 3070. The van der Waals surface area contributed by atoms with Gasteiger partial charge in [0.05, 0.1) is 34.6 Å². The summed E-state index contributed by atoms with van der Waals surface area (Å²) in [6.07, 6.45) is -2.21. The van der Waals surface area contributed by atoms with Crippen molar-refractivity contribution in [3.8, 4) is 22.5 Å². The lowest BCUT2D eigenvalue weighted by molar-refractivity contribution is 0.129. The average Bonchev–Trinajstić information content (AvgIpc) is 3.16. The van der Waals surface area contributed by atoms with Crippen LogP contribution in [0.5, 0.6) is 0 Å². The number of hydrogen-bond acceptors (Lipinski definition) is 11. The Morgan fingerprint density at radius 3 is 1.89 bits per heavy atom. The van der Waals surface area contributed by atoms with Gasteiger partial charge in [0.15, 0.2) is 0 Å². The molecule has 2 amide bonds. The number of ether oxygens (including phenoxy) is 2. The summed E-state index contributed by atoms with van der Waals surface area (Å²) in [5.41, 5.74) is 6.59. The van der Waals surface area contributed by atoms with Crippen LogP contribution in [0, 0.1) is 41.5 Å². The second kappa shape index (κ2) is 17.2. The van der Waals surface area contributed by atoms with Crippen LogP contribution in [0.4, 0.5) is 38.0 Å². The summed E-state index contributed by atoms with van der Waals surface area (Å²) >= 11 is 0. The minimum absolute atomic E-state index is 0.0886. The summed E-state index contributed by atoms with van der Waals surface area (Å²) in [4.78, 5) is 29.4. The van der Waals surface area contributed by atoms with Gasteiger partial charge in [-0.1, -0.05) is 24.3 Å². The summed E-state index contributed by atoms with van der Waals surface area (Å²) < 4.78 is 88.8. The van der Waals surface area contributed by atoms with Crippen LogP contribution < -0.4 is 21.3 Å². The fourth-order valence-electron chi connectivity index (χ4n) is 7.67. The zero-order chi connectivity index (χ0) is 45.6. The van der Waals surface area contributed by atoms with Crippen molar-refractivity contribution in [2.45, 2.75) is 91.2 Å². The van der Waals surface area contributed by atoms with Crippen LogP contribution in [-0.2, 0) is 29.7 Å². The highest BCUT2D eigenvalue weighted by Gasteiger charge is 2.27. The monoisotopic (exact) mass is 884 g/mol. The van der Waals surface area contributed by atoms with Gasteiger partial charge in [0.2, 0.25) is 0 Å². The topological polar surface area (TPSA) is 223 Å². The van der Waals surface area contributed by atoms with Crippen molar-refractivity contribution in [1.82, 2.24) is 0 Å². The molecule has 4 aromatic carbocycles. The number of carbonyl (C=O) groups excluding carboxylic acids is 2. The highest BCUT2D eigenvalue weighted by Crippen LogP contribution is 2.44. The molecule has 6 rings (SSSR count). The fraction of sp³-hybridized carbons (Fsp3) is 0.267. The van der Waals surface area contributed by atoms with E-state index in [-0.39, 0.29) is 50.2 Å². The Labute approximate surface area is 360 Å². The van der Waals surface area contributed by atoms with Crippen molar-refractivity contribution in [2.24, 2.45) is 4.99 Å². The molecule has 326 valence electrons. The standard InChI is InChI=1S/C45H48N4O11S2/c1-22(2)58-44(50)48-40-25(6)19-24(5)39(26(40)7)46-30-15-17-32-35(20-30)60-36-21-31(16-18-33(36)38(32)34-13-11-12-14-37(34)61(52,53)54)47-41-27(8)42(49-45(51)59-23(3)4)29(10)43(28(41)9)62(55,56)57/h11-23,46H,1-10H3,(H,48,50)(H,49,51)(H,52,53,54)(H,55,56,57). The van der Waals surface area contributed by atoms with E-state index in [1.54, 1.807) is 83.1 Å². The number of anilines is 4. The Morgan fingerprint density at radius 2 is 1.27 bits per heavy atom. The Hall–Kier alpha value is -6.27. The van der Waals surface area contributed by atoms with Gasteiger partial charge in [-0.15, -0.1) is 0 Å². The smallest absolute Gasteiger partial charge is 0.411 e. The first-order valence-corrected chi connectivity index (χ1v) is 22.4. The van der Waals surface area contributed by atoms with E-state index in [0.717, 1.165) is 16.7 Å². The van der Waals surface area contributed by atoms with Gasteiger partial charge in [-0.25, -0.2) is 14.6 Å². The lowest BCUT2D eigenvalue weighted by Crippen LogP contribution is -2.20. The van der Waals surface area contributed by atoms with Crippen LogP contribution in [0.1, 0.15) is 61.1 Å². The molecule has 0 saturated heterocycles. The maximum atomic E-state index is 12.8. The molecule has 0 atom stereocenters. The molecule has 0 unspecified atom stereocenters. The molecule has 15 nitrogen and oxygen atoms in total. The molecule has 62 heavy (non-hydrogen) atoms. The Balaban J connectivity index is 1.59. The van der Waals surface area contributed by atoms with E-state index in [2.05, 4.69) is 16.0 Å². The average molecular weight is 885 g/mol. The minimum Gasteiger partial charge on any atom is -0.456 e. The predicted octanol–water partition coefficient (Wildman–Crippen LogP) is 10.4. The van der Waals surface area contributed by atoms with Crippen LogP contribution >= 0.6 is 0 Å². The third kappa shape index (κ3) is 9.30. The van der Waals surface area contributed by atoms with E-state index >= 15 is 0 Å². The molecule has 1 aliphatic carbocycles. The molecule has 5 N–H and O–H groups in total. The number of hydrogen-bond donors (Lipinski definition) is 5. The lowest BCUT2D eigenvalue weighted by Gasteiger charge is -2.21. The number of aryl methyl sites for hydroxylation is 2. The fourth-order valence-corrected chi connectivity index (χ4v) is 9.35. The van der Waals surface area contributed by atoms with E-state index < -0.39 is 43.4 Å². The second-order valence-electron chi connectivity index (χ2n) is 15.5. The van der Waals surface area contributed by atoms with E-state index in [0.29, 0.717) is 44.7 Å². The summed E-state index contributed by atoms with van der Waals surface area (Å²) in [7, 11) is -9.51. The molecule has 0 bridgehead atoms. The molecule has 0 saturated carbocycles. The van der Waals surface area contributed by atoms with Gasteiger partial charge >= 0.3 is 12.2 Å². The van der Waals surface area contributed by atoms with Gasteiger partial charge in [-0.2, -0.15) is 16.8 Å². The predicted molar refractivity (Wildman–Crippen MR) is 238 cm³/mol. The molecule has 17 heteroatoms. The first kappa shape index (κ1) is 45.3. The van der Waals surface area contributed by atoms with Crippen molar-refractivity contribution >= 4 is 71.8 Å². The number of nitrogens with zero attached hydrogens (tertiary/aromatic N) is 1. The molecule has 0 spiro atoms. The van der Waals surface area contributed by atoms with Crippen LogP contribution in [0.3, 0.4) is 0 Å². The van der Waals surface area contributed by atoms with Crippen LogP contribution in [0.15, 0.2) is 85.9 Å². The maximum absolute atomic E-state index is 12.8. The molecule has 0 fully saturated rings. The lowest BCUT2D eigenvalue weighted by atomic mass is 9.93. The van der Waals surface area contributed by atoms with E-state index in [1.165, 1.54) is 26.0 Å². The molecule has 1 aliphatic heterocycles. The summed E-state index contributed by atoms with van der Waals surface area (Å²) in [6, 6.07) is 18.1. The van der Waals surface area contributed by atoms with Crippen molar-refractivity contribution in [3.63, 3.8) is 0 Å². The zero-order valence-corrected chi connectivity index (χ0v) is 37.5. The third-order valence-electron chi connectivity index (χ3n) is 10.2. The van der Waals surface area contributed by atoms with Crippen LogP contribution in [-0.4, -0.2) is 50.3 Å². The summed E-state index contributed by atoms with van der Waals surface area (Å²) in [5.74, 6) is 0.241. The molecular formula is C45H48N4O11S2. The van der Waals surface area contributed by atoms with Gasteiger partial charge in [0.25, 0.3) is 20.2 Å². The Kier molecular flexibility index (Phi) is 12.6. The van der Waals surface area contributed by atoms with Gasteiger partial charge < -0.3 is 19.2 Å². The van der Waals surface area contributed by atoms with Gasteiger partial charge in [0.1, 0.15) is 21.1 Å². The highest BCUT2D eigenvalue weighted by molar-refractivity contribution is 7.86. The van der Waals surface area contributed by atoms with Crippen molar-refractivity contribution < 1.29 is 49.4 Å². The number of nitrogens with one attached hydrogen (secondary N) is 3. The molecule has 0 aromatic heterocycles. The highest BCUT2D eigenvalue weighted by atomic mass is 32.2. The van der Waals surface area contributed by atoms with Crippen molar-refractivity contribution in [3.05, 3.63) is 105 Å². The molecule has 0 radical (unpaired) electrons. The summed E-state index contributed by atoms with van der Waals surface area (Å²) in [5, 5.41) is 9.69. The molecule has 2 aliphatic rings. The number of amides is 2.